The molecule has 1 N–H and O–H groups in total. The molecule has 2 aliphatic heterocycles. The van der Waals surface area contributed by atoms with Gasteiger partial charge in [0.2, 0.25) is 11.7 Å². The number of fused-ring (bicyclic) bond motifs is 1. The maximum atomic E-state index is 13.2. The zero-order valence-electron chi connectivity index (χ0n) is 22.1. The fourth-order valence-electron chi connectivity index (χ4n) is 6.41. The molecule has 4 heterocycles. The van der Waals surface area contributed by atoms with Gasteiger partial charge in [-0.2, -0.15) is 4.98 Å². The summed E-state index contributed by atoms with van der Waals surface area (Å²) < 4.78 is 11.3. The highest BCUT2D eigenvalue weighted by molar-refractivity contribution is 5.80. The number of likely N-dealkylation sites (tertiary alicyclic amines) is 1. The zero-order valence-corrected chi connectivity index (χ0v) is 22.1. The Bertz CT molecular complexity index is 1220. The lowest BCUT2D eigenvalue weighted by atomic mass is 9.87. The lowest BCUT2D eigenvalue weighted by Gasteiger charge is -2.46. The van der Waals surface area contributed by atoms with E-state index >= 15 is 0 Å². The summed E-state index contributed by atoms with van der Waals surface area (Å²) >= 11 is 0. The monoisotopic (exact) mass is 518 g/mol. The van der Waals surface area contributed by atoms with E-state index in [-0.39, 0.29) is 17.5 Å². The van der Waals surface area contributed by atoms with E-state index in [2.05, 4.69) is 25.3 Å². The first kappa shape index (κ1) is 25.2. The molecular weight excluding hydrogens is 480 g/mol. The molecule has 3 fully saturated rings. The summed E-state index contributed by atoms with van der Waals surface area (Å²) in [6.45, 7) is 5.59. The molecule has 0 bridgehead atoms. The van der Waals surface area contributed by atoms with Crippen LogP contribution in [0, 0.1) is 0 Å². The van der Waals surface area contributed by atoms with Gasteiger partial charge < -0.3 is 19.5 Å². The second kappa shape index (κ2) is 11.4. The van der Waals surface area contributed by atoms with Crippen molar-refractivity contribution in [3.05, 3.63) is 42.3 Å². The summed E-state index contributed by atoms with van der Waals surface area (Å²) in [5.41, 5.74) is 1.68. The molecule has 1 aromatic carbocycles. The molecule has 0 atom stereocenters. The van der Waals surface area contributed by atoms with Gasteiger partial charge in [-0.1, -0.05) is 55.1 Å². The van der Waals surface area contributed by atoms with Crippen LogP contribution >= 0.6 is 0 Å². The molecule has 2 saturated heterocycles. The number of urea groups is 1. The van der Waals surface area contributed by atoms with Crippen molar-refractivity contribution in [2.24, 2.45) is 0 Å². The van der Waals surface area contributed by atoms with Crippen LogP contribution in [-0.2, 0) is 4.74 Å². The third-order valence-electron chi connectivity index (χ3n) is 8.69. The second-order valence-corrected chi connectivity index (χ2v) is 11.0. The van der Waals surface area contributed by atoms with Crippen LogP contribution in [0.1, 0.15) is 63.2 Å². The summed E-state index contributed by atoms with van der Waals surface area (Å²) in [5, 5.41) is 8.62. The number of morpholine rings is 1. The van der Waals surface area contributed by atoms with E-state index in [9.17, 15) is 4.79 Å². The van der Waals surface area contributed by atoms with Gasteiger partial charge in [0.15, 0.2) is 0 Å². The Morgan fingerprint density at radius 3 is 2.50 bits per heavy atom. The van der Waals surface area contributed by atoms with Gasteiger partial charge in [0.25, 0.3) is 0 Å². The number of benzene rings is 1. The zero-order chi connectivity index (χ0) is 25.8. The minimum atomic E-state index is 0.0481. The number of pyridine rings is 1. The first-order chi connectivity index (χ1) is 18.7. The Labute approximate surface area is 223 Å². The Balaban J connectivity index is 1.05. The van der Waals surface area contributed by atoms with Crippen molar-refractivity contribution in [1.82, 2.24) is 30.2 Å². The van der Waals surface area contributed by atoms with Crippen molar-refractivity contribution in [2.75, 3.05) is 45.9 Å². The SMILES string of the molecule is O=C(NCC1(N2CCOCC2)CCCCCC1)N1CCC(c2nc(-c3ccc4ccccc4n3)no2)CC1. The van der Waals surface area contributed by atoms with E-state index in [4.69, 9.17) is 9.26 Å². The number of piperidine rings is 1. The Morgan fingerprint density at radius 1 is 0.947 bits per heavy atom. The normalized spacial score (nSPS) is 21.3. The summed E-state index contributed by atoms with van der Waals surface area (Å²) in [7, 11) is 0. The predicted octanol–water partition coefficient (Wildman–Crippen LogP) is 4.60. The highest BCUT2D eigenvalue weighted by atomic mass is 16.5. The Kier molecular flexibility index (Phi) is 7.56. The maximum absolute atomic E-state index is 13.2. The number of ether oxygens (including phenoxy) is 1. The summed E-state index contributed by atoms with van der Waals surface area (Å²) in [4.78, 5) is 27.1. The van der Waals surface area contributed by atoms with E-state index in [0.717, 1.165) is 69.4 Å². The standard InChI is InChI=1S/C29H38N6O3/c36-28(30-21-29(13-5-1-2-6-14-29)35-17-19-37-20-18-35)34-15-11-23(12-16-34)27-32-26(33-38-27)25-10-9-22-7-3-4-8-24(22)31-25/h3-4,7-10,23H,1-2,5-6,11-21H2,(H,30,36). The molecule has 1 aliphatic carbocycles. The third kappa shape index (κ3) is 5.40. The van der Waals surface area contributed by atoms with Gasteiger partial charge in [-0.15, -0.1) is 0 Å². The number of para-hydroxylation sites is 1. The maximum Gasteiger partial charge on any atom is 0.317 e. The van der Waals surface area contributed by atoms with Crippen molar-refractivity contribution in [1.29, 1.82) is 0 Å². The number of rotatable bonds is 5. The summed E-state index contributed by atoms with van der Waals surface area (Å²) in [6.07, 6.45) is 8.99. The molecular formula is C29H38N6O3. The molecule has 9 nitrogen and oxygen atoms in total. The smallest absolute Gasteiger partial charge is 0.317 e. The number of hydrogen-bond acceptors (Lipinski definition) is 7. The molecule has 3 aromatic rings. The van der Waals surface area contributed by atoms with Gasteiger partial charge in [-0.3, -0.25) is 4.90 Å². The average molecular weight is 519 g/mol. The van der Waals surface area contributed by atoms with Crippen LogP contribution < -0.4 is 5.32 Å². The molecule has 2 aromatic heterocycles. The van der Waals surface area contributed by atoms with Crippen LogP contribution in [0.15, 0.2) is 40.9 Å². The van der Waals surface area contributed by atoms with Crippen molar-refractivity contribution < 1.29 is 14.1 Å². The Morgan fingerprint density at radius 2 is 1.71 bits per heavy atom. The summed E-state index contributed by atoms with van der Waals surface area (Å²) in [6, 6.07) is 12.0. The van der Waals surface area contributed by atoms with E-state index < -0.39 is 0 Å². The largest absolute Gasteiger partial charge is 0.379 e. The molecule has 3 aliphatic rings. The van der Waals surface area contributed by atoms with Crippen molar-refractivity contribution in [3.63, 3.8) is 0 Å². The summed E-state index contributed by atoms with van der Waals surface area (Å²) in [5.74, 6) is 1.31. The van der Waals surface area contributed by atoms with Gasteiger partial charge in [0.05, 0.1) is 18.7 Å². The molecule has 6 rings (SSSR count). The lowest BCUT2D eigenvalue weighted by molar-refractivity contribution is -0.0280. The van der Waals surface area contributed by atoms with Crippen LogP contribution in [0.5, 0.6) is 0 Å². The quantitative estimate of drug-likeness (QED) is 0.493. The number of hydrogen-bond donors (Lipinski definition) is 1. The van der Waals surface area contributed by atoms with Crippen LogP contribution in [0.25, 0.3) is 22.4 Å². The average Bonchev–Trinajstić information content (AvgIpc) is 3.35. The molecule has 1 saturated carbocycles. The molecule has 0 spiro atoms. The number of amides is 2. The fraction of sp³-hybridized carbons (Fsp3) is 0.586. The molecule has 0 unspecified atom stereocenters. The highest BCUT2D eigenvalue weighted by Crippen LogP contribution is 2.33. The number of aromatic nitrogens is 3. The Hall–Kier alpha value is -3.04. The van der Waals surface area contributed by atoms with Crippen molar-refractivity contribution in [3.8, 4) is 11.5 Å². The fourth-order valence-corrected chi connectivity index (χ4v) is 6.41. The lowest BCUT2D eigenvalue weighted by Crippen LogP contribution is -2.60. The number of carbonyl (C=O) groups is 1. The van der Waals surface area contributed by atoms with Crippen molar-refractivity contribution >= 4 is 16.9 Å². The van der Waals surface area contributed by atoms with Crippen molar-refractivity contribution in [2.45, 2.75) is 62.8 Å². The van der Waals surface area contributed by atoms with Gasteiger partial charge in [0, 0.05) is 49.6 Å². The van der Waals surface area contributed by atoms with E-state index in [1.54, 1.807) is 0 Å². The van der Waals surface area contributed by atoms with Crippen LogP contribution in [0.3, 0.4) is 0 Å². The third-order valence-corrected chi connectivity index (χ3v) is 8.69. The minimum Gasteiger partial charge on any atom is -0.379 e. The highest BCUT2D eigenvalue weighted by Gasteiger charge is 2.38. The molecule has 9 heteroatoms. The minimum absolute atomic E-state index is 0.0481. The molecule has 2 amide bonds. The van der Waals surface area contributed by atoms with Gasteiger partial charge in [-0.25, -0.2) is 9.78 Å². The predicted molar refractivity (Wildman–Crippen MR) is 145 cm³/mol. The second-order valence-electron chi connectivity index (χ2n) is 11.0. The van der Waals surface area contributed by atoms with Crippen LogP contribution in [0.2, 0.25) is 0 Å². The van der Waals surface area contributed by atoms with E-state index in [1.165, 1.54) is 25.7 Å². The topological polar surface area (TPSA) is 96.6 Å². The van der Waals surface area contributed by atoms with Crippen LogP contribution in [0.4, 0.5) is 4.79 Å². The molecule has 0 radical (unpaired) electrons. The van der Waals surface area contributed by atoms with Gasteiger partial charge in [-0.05, 0) is 37.8 Å². The first-order valence-corrected chi connectivity index (χ1v) is 14.3. The number of nitrogens with one attached hydrogen (secondary N) is 1. The van der Waals surface area contributed by atoms with Crippen LogP contribution in [-0.4, -0.2) is 82.4 Å². The first-order valence-electron chi connectivity index (χ1n) is 14.3. The number of nitrogens with zero attached hydrogens (tertiary/aromatic N) is 5. The molecule has 202 valence electrons. The van der Waals surface area contributed by atoms with E-state index in [0.29, 0.717) is 30.5 Å². The van der Waals surface area contributed by atoms with Gasteiger partial charge >= 0.3 is 6.03 Å². The van der Waals surface area contributed by atoms with Gasteiger partial charge in [0.1, 0.15) is 5.69 Å². The molecule has 38 heavy (non-hydrogen) atoms. The number of carbonyl (C=O) groups excluding carboxylic acids is 1. The van der Waals surface area contributed by atoms with E-state index in [1.807, 2.05) is 41.3 Å².